The monoisotopic (exact) mass is 499 g/mol. The first-order chi connectivity index (χ1) is 17.6. The third-order valence-electron chi connectivity index (χ3n) is 7.16. The van der Waals surface area contributed by atoms with E-state index in [2.05, 4.69) is 63.2 Å². The van der Waals surface area contributed by atoms with Crippen LogP contribution >= 0.6 is 0 Å². The first-order valence-corrected chi connectivity index (χ1v) is 12.5. The lowest BCUT2D eigenvalue weighted by Crippen LogP contribution is -2.50. The quantitative estimate of drug-likeness (QED) is 0.385. The highest BCUT2D eigenvalue weighted by Gasteiger charge is 2.50. The van der Waals surface area contributed by atoms with E-state index in [-0.39, 0.29) is 32.0 Å². The fraction of sp³-hybridized carbons (Fsp3) is 0.538. The molecule has 0 radical (unpaired) electrons. The Balaban J connectivity index is 1.09. The van der Waals surface area contributed by atoms with Gasteiger partial charge < -0.3 is 24.2 Å². The van der Waals surface area contributed by atoms with Crippen molar-refractivity contribution in [2.45, 2.75) is 36.6 Å². The maximum Gasteiger partial charge on any atom is 0.294 e. The standard InChI is InChI=1S/C26H33N3O7/c30-21(16-33-22-17-34-26-23(36-29(31)32)18-35-25(22)26)15-27-11-13-28(14-12-27)24(19-7-3-1-4-8-19)20-9-5-2-6-10-20/h1-10,21-26,30H,11-18H2/t21?,22-,23+,25+,26+/m0/s1. The van der Waals surface area contributed by atoms with Gasteiger partial charge in [-0.3, -0.25) is 9.80 Å². The zero-order chi connectivity index (χ0) is 24.9. The van der Waals surface area contributed by atoms with Gasteiger partial charge in [0.15, 0.2) is 6.10 Å². The summed E-state index contributed by atoms with van der Waals surface area (Å²) < 4.78 is 17.1. The second kappa shape index (κ2) is 11.6. The number of hydrogen-bond donors (Lipinski definition) is 1. The minimum Gasteiger partial charge on any atom is -0.389 e. The molecule has 0 aliphatic carbocycles. The van der Waals surface area contributed by atoms with Crippen molar-refractivity contribution in [3.8, 4) is 0 Å². The summed E-state index contributed by atoms with van der Waals surface area (Å²) in [4.78, 5) is 20.0. The normalized spacial score (nSPS) is 27.7. The van der Waals surface area contributed by atoms with Crippen molar-refractivity contribution < 1.29 is 29.2 Å². The molecule has 0 spiro atoms. The van der Waals surface area contributed by atoms with Crippen molar-refractivity contribution in [3.63, 3.8) is 0 Å². The fourth-order valence-corrected chi connectivity index (χ4v) is 5.45. The van der Waals surface area contributed by atoms with Crippen LogP contribution in [0, 0.1) is 10.1 Å². The molecule has 3 heterocycles. The maximum atomic E-state index is 10.6. The minimum absolute atomic E-state index is 0.0932. The second-order valence-electron chi connectivity index (χ2n) is 9.55. The van der Waals surface area contributed by atoms with Crippen LogP contribution in [0.3, 0.4) is 0 Å². The highest BCUT2D eigenvalue weighted by atomic mass is 17.0. The summed E-state index contributed by atoms with van der Waals surface area (Å²) in [6.45, 7) is 4.53. The van der Waals surface area contributed by atoms with Crippen molar-refractivity contribution in [2.75, 3.05) is 52.5 Å². The number of ether oxygens (including phenoxy) is 3. The average Bonchev–Trinajstić information content (AvgIpc) is 3.48. The molecule has 1 unspecified atom stereocenters. The first kappa shape index (κ1) is 25.1. The third-order valence-corrected chi connectivity index (χ3v) is 7.16. The molecular weight excluding hydrogens is 466 g/mol. The number of benzene rings is 2. The molecule has 36 heavy (non-hydrogen) atoms. The largest absolute Gasteiger partial charge is 0.389 e. The van der Waals surface area contributed by atoms with Crippen LogP contribution in [0.4, 0.5) is 0 Å². The Hall–Kier alpha value is -2.60. The van der Waals surface area contributed by atoms with Gasteiger partial charge >= 0.3 is 0 Å². The summed E-state index contributed by atoms with van der Waals surface area (Å²) in [6.07, 6.45) is -2.71. The lowest BCUT2D eigenvalue weighted by Gasteiger charge is -2.40. The summed E-state index contributed by atoms with van der Waals surface area (Å²) in [5, 5.41) is 20.4. The molecule has 5 atom stereocenters. The van der Waals surface area contributed by atoms with Crippen molar-refractivity contribution in [1.29, 1.82) is 0 Å². The topological polar surface area (TPSA) is 107 Å². The number of hydrogen-bond acceptors (Lipinski definition) is 9. The number of aliphatic hydroxyl groups is 1. The SMILES string of the molecule is O=[N+]([O-])O[C@@H]1CO[C@H]2[C@@H]1OC[C@@H]2OCC(O)CN1CCN(C(c2ccccc2)c2ccccc2)CC1. The van der Waals surface area contributed by atoms with Crippen LogP contribution in [0.15, 0.2) is 60.7 Å². The molecule has 10 nitrogen and oxygen atoms in total. The van der Waals surface area contributed by atoms with E-state index in [0.29, 0.717) is 6.54 Å². The predicted molar refractivity (Wildman–Crippen MR) is 130 cm³/mol. The summed E-state index contributed by atoms with van der Waals surface area (Å²) in [6, 6.07) is 21.4. The Kier molecular flexibility index (Phi) is 8.10. The van der Waals surface area contributed by atoms with Crippen molar-refractivity contribution in [2.24, 2.45) is 0 Å². The van der Waals surface area contributed by atoms with Gasteiger partial charge in [0, 0.05) is 32.7 Å². The van der Waals surface area contributed by atoms with Crippen LogP contribution in [0.2, 0.25) is 0 Å². The first-order valence-electron chi connectivity index (χ1n) is 12.5. The highest BCUT2D eigenvalue weighted by molar-refractivity contribution is 5.32. The van der Waals surface area contributed by atoms with Crippen LogP contribution in [0.25, 0.3) is 0 Å². The van der Waals surface area contributed by atoms with E-state index in [4.69, 9.17) is 14.2 Å². The van der Waals surface area contributed by atoms with Crippen LogP contribution in [-0.4, -0.2) is 103 Å². The highest BCUT2D eigenvalue weighted by Crippen LogP contribution is 2.31. The molecule has 10 heteroatoms. The van der Waals surface area contributed by atoms with E-state index in [0.717, 1.165) is 26.2 Å². The van der Waals surface area contributed by atoms with Gasteiger partial charge in [0.25, 0.3) is 5.09 Å². The van der Waals surface area contributed by atoms with Gasteiger partial charge in [-0.2, -0.15) is 0 Å². The zero-order valence-electron chi connectivity index (χ0n) is 20.1. The Morgan fingerprint density at radius 2 is 1.47 bits per heavy atom. The van der Waals surface area contributed by atoms with E-state index in [1.165, 1.54) is 11.1 Å². The number of β-amino-alcohol motifs (C(OH)–C–C–N with tert-alkyl or cyclic N) is 1. The van der Waals surface area contributed by atoms with Gasteiger partial charge in [-0.25, -0.2) is 0 Å². The molecule has 3 aliphatic heterocycles. The van der Waals surface area contributed by atoms with E-state index < -0.39 is 29.5 Å². The fourth-order valence-electron chi connectivity index (χ4n) is 5.45. The average molecular weight is 500 g/mol. The zero-order valence-corrected chi connectivity index (χ0v) is 20.1. The van der Waals surface area contributed by atoms with E-state index >= 15 is 0 Å². The lowest BCUT2D eigenvalue weighted by molar-refractivity contribution is -0.769. The van der Waals surface area contributed by atoms with Crippen LogP contribution < -0.4 is 0 Å². The molecule has 0 bridgehead atoms. The predicted octanol–water partition coefficient (Wildman–Crippen LogP) is 1.51. The van der Waals surface area contributed by atoms with Crippen molar-refractivity contribution in [1.82, 2.24) is 9.80 Å². The van der Waals surface area contributed by atoms with E-state index in [1.54, 1.807) is 0 Å². The Bertz CT molecular complexity index is 935. The third kappa shape index (κ3) is 5.86. The van der Waals surface area contributed by atoms with Crippen LogP contribution in [0.5, 0.6) is 0 Å². The molecule has 3 saturated heterocycles. The Morgan fingerprint density at radius 1 is 0.917 bits per heavy atom. The van der Waals surface area contributed by atoms with Crippen molar-refractivity contribution >= 4 is 0 Å². The number of aliphatic hydroxyl groups excluding tert-OH is 1. The van der Waals surface area contributed by atoms with Crippen LogP contribution in [-0.2, 0) is 19.0 Å². The van der Waals surface area contributed by atoms with Gasteiger partial charge in [0.05, 0.1) is 32.0 Å². The van der Waals surface area contributed by atoms with Gasteiger partial charge in [-0.15, -0.1) is 10.1 Å². The van der Waals surface area contributed by atoms with Gasteiger partial charge in [-0.1, -0.05) is 60.7 Å². The summed E-state index contributed by atoms with van der Waals surface area (Å²) >= 11 is 0. The van der Waals surface area contributed by atoms with Crippen molar-refractivity contribution in [3.05, 3.63) is 81.9 Å². The molecule has 5 rings (SSSR count). The number of fused-ring (bicyclic) bond motifs is 1. The molecule has 3 fully saturated rings. The molecule has 2 aromatic carbocycles. The molecule has 2 aromatic rings. The van der Waals surface area contributed by atoms with Gasteiger partial charge in [0.1, 0.15) is 18.3 Å². The van der Waals surface area contributed by atoms with E-state index in [1.807, 2.05) is 12.1 Å². The maximum absolute atomic E-state index is 10.6. The number of rotatable bonds is 10. The molecule has 0 aromatic heterocycles. The van der Waals surface area contributed by atoms with E-state index in [9.17, 15) is 15.2 Å². The Labute approximate surface area is 210 Å². The molecular formula is C26H33N3O7. The smallest absolute Gasteiger partial charge is 0.294 e. The molecule has 3 aliphatic rings. The second-order valence-corrected chi connectivity index (χ2v) is 9.55. The molecule has 0 saturated carbocycles. The molecule has 0 amide bonds. The number of nitrogens with zero attached hydrogens (tertiary/aromatic N) is 3. The molecule has 194 valence electrons. The summed E-state index contributed by atoms with van der Waals surface area (Å²) in [5.41, 5.74) is 2.56. The number of piperazine rings is 1. The summed E-state index contributed by atoms with van der Waals surface area (Å²) in [5.74, 6) is 0. The van der Waals surface area contributed by atoms with Gasteiger partial charge in [0.2, 0.25) is 0 Å². The van der Waals surface area contributed by atoms with Gasteiger partial charge in [-0.05, 0) is 11.1 Å². The Morgan fingerprint density at radius 3 is 2.06 bits per heavy atom. The molecule has 1 N–H and O–H groups in total. The van der Waals surface area contributed by atoms with Crippen LogP contribution in [0.1, 0.15) is 17.2 Å². The lowest BCUT2D eigenvalue weighted by atomic mass is 9.96. The summed E-state index contributed by atoms with van der Waals surface area (Å²) in [7, 11) is 0. The minimum atomic E-state index is -0.820.